The predicted octanol–water partition coefficient (Wildman–Crippen LogP) is 2.69. The molecule has 0 bridgehead atoms. The maximum Gasteiger partial charge on any atom is 0.0709 e. The number of aromatic nitrogens is 1. The Morgan fingerprint density at radius 2 is 1.48 bits per heavy atom. The van der Waals surface area contributed by atoms with Crippen molar-refractivity contribution < 1.29 is 10.2 Å². The summed E-state index contributed by atoms with van der Waals surface area (Å²) < 4.78 is 0. The minimum atomic E-state index is 0.0635. The van der Waals surface area contributed by atoms with Gasteiger partial charge in [0.05, 0.1) is 24.4 Å². The monoisotopic (exact) mass is 308 g/mol. The molecule has 1 heterocycles. The van der Waals surface area contributed by atoms with Crippen LogP contribution >= 0.6 is 0 Å². The Kier molecular flexibility index (Phi) is 4.86. The fourth-order valence-electron chi connectivity index (χ4n) is 2.68. The average molecular weight is 308 g/mol. The van der Waals surface area contributed by atoms with Crippen molar-refractivity contribution >= 4 is 16.6 Å². The molecule has 2 aromatic carbocycles. The Bertz CT molecular complexity index is 766. The van der Waals surface area contributed by atoms with Gasteiger partial charge in [-0.3, -0.25) is 0 Å². The summed E-state index contributed by atoms with van der Waals surface area (Å²) in [5, 5.41) is 19.4. The van der Waals surface area contributed by atoms with Gasteiger partial charge in [0.15, 0.2) is 0 Å². The molecule has 0 saturated carbocycles. The number of nitrogens with zero attached hydrogens (tertiary/aromatic N) is 2. The summed E-state index contributed by atoms with van der Waals surface area (Å²) in [6, 6.07) is 20.2. The molecule has 0 aliphatic heterocycles. The smallest absolute Gasteiger partial charge is 0.0709 e. The van der Waals surface area contributed by atoms with Gasteiger partial charge >= 0.3 is 0 Å². The zero-order chi connectivity index (χ0) is 16.1. The van der Waals surface area contributed by atoms with E-state index in [1.165, 1.54) is 0 Å². The molecule has 0 fully saturated rings. The maximum atomic E-state index is 9.12. The molecule has 0 amide bonds. The van der Waals surface area contributed by atoms with Crippen molar-refractivity contribution in [3.05, 3.63) is 60.7 Å². The Balaban J connectivity index is 1.88. The summed E-state index contributed by atoms with van der Waals surface area (Å²) in [4.78, 5) is 6.65. The fourth-order valence-corrected chi connectivity index (χ4v) is 2.68. The lowest BCUT2D eigenvalue weighted by molar-refractivity contribution is 0.281. The van der Waals surface area contributed by atoms with Crippen LogP contribution in [0.5, 0.6) is 0 Å². The second kappa shape index (κ2) is 7.22. The van der Waals surface area contributed by atoms with Gasteiger partial charge in [-0.15, -0.1) is 0 Å². The molecule has 118 valence electrons. The standard InChI is InChI=1S/C19H20N2O2/c22-13-11-21(12-14-23)17-8-5-16(6-9-17)19-10-7-15-3-1-2-4-18(15)20-19/h1-10,22-23H,11-14H2. The molecule has 4 nitrogen and oxygen atoms in total. The Morgan fingerprint density at radius 1 is 0.783 bits per heavy atom. The molecule has 3 aromatic rings. The van der Waals surface area contributed by atoms with Crippen molar-refractivity contribution in [1.29, 1.82) is 0 Å². The van der Waals surface area contributed by atoms with Crippen molar-refractivity contribution in [1.82, 2.24) is 4.98 Å². The molecule has 2 N–H and O–H groups in total. The van der Waals surface area contributed by atoms with E-state index in [1.54, 1.807) is 0 Å². The van der Waals surface area contributed by atoms with Crippen LogP contribution in [-0.4, -0.2) is 41.5 Å². The third kappa shape index (κ3) is 3.50. The fraction of sp³-hybridized carbons (Fsp3) is 0.211. The molecular formula is C19H20N2O2. The molecule has 3 rings (SSSR count). The highest BCUT2D eigenvalue weighted by atomic mass is 16.3. The van der Waals surface area contributed by atoms with Crippen molar-refractivity contribution in [3.8, 4) is 11.3 Å². The molecule has 0 saturated heterocycles. The molecule has 0 atom stereocenters. The minimum Gasteiger partial charge on any atom is -0.395 e. The van der Waals surface area contributed by atoms with Gasteiger partial charge in [0.2, 0.25) is 0 Å². The summed E-state index contributed by atoms with van der Waals surface area (Å²) in [5.41, 5.74) is 3.95. The zero-order valence-corrected chi connectivity index (χ0v) is 12.9. The molecular weight excluding hydrogens is 288 g/mol. The molecule has 0 aliphatic carbocycles. The van der Waals surface area contributed by atoms with Crippen molar-refractivity contribution in [3.63, 3.8) is 0 Å². The number of rotatable bonds is 6. The van der Waals surface area contributed by atoms with E-state index in [1.807, 2.05) is 53.4 Å². The summed E-state index contributed by atoms with van der Waals surface area (Å²) in [7, 11) is 0. The second-order valence-corrected chi connectivity index (χ2v) is 5.37. The van der Waals surface area contributed by atoms with Crippen LogP contribution in [0.3, 0.4) is 0 Å². The number of fused-ring (bicyclic) bond motifs is 1. The molecule has 23 heavy (non-hydrogen) atoms. The van der Waals surface area contributed by atoms with Gasteiger partial charge in [-0.25, -0.2) is 4.98 Å². The number of aliphatic hydroxyl groups is 2. The molecule has 1 aromatic heterocycles. The average Bonchev–Trinajstić information content (AvgIpc) is 2.61. The number of pyridine rings is 1. The van der Waals surface area contributed by atoms with E-state index < -0.39 is 0 Å². The highest BCUT2D eigenvalue weighted by molar-refractivity contribution is 5.81. The molecule has 0 spiro atoms. The maximum absolute atomic E-state index is 9.12. The van der Waals surface area contributed by atoms with Gasteiger partial charge < -0.3 is 15.1 Å². The Morgan fingerprint density at radius 3 is 2.17 bits per heavy atom. The number of para-hydroxylation sites is 1. The van der Waals surface area contributed by atoms with E-state index in [4.69, 9.17) is 15.2 Å². The molecule has 0 aliphatic rings. The highest BCUT2D eigenvalue weighted by Crippen LogP contribution is 2.24. The van der Waals surface area contributed by atoms with E-state index in [2.05, 4.69) is 12.1 Å². The van der Waals surface area contributed by atoms with Crippen LogP contribution < -0.4 is 4.90 Å². The van der Waals surface area contributed by atoms with Gasteiger partial charge in [0.1, 0.15) is 0 Å². The highest BCUT2D eigenvalue weighted by Gasteiger charge is 2.06. The second-order valence-electron chi connectivity index (χ2n) is 5.37. The number of anilines is 1. The first-order valence-electron chi connectivity index (χ1n) is 7.75. The predicted molar refractivity (Wildman–Crippen MR) is 93.6 cm³/mol. The van der Waals surface area contributed by atoms with Crippen LogP contribution in [0.4, 0.5) is 5.69 Å². The summed E-state index contributed by atoms with van der Waals surface area (Å²) in [6.45, 7) is 1.14. The van der Waals surface area contributed by atoms with E-state index in [-0.39, 0.29) is 13.2 Å². The number of aliphatic hydroxyl groups excluding tert-OH is 2. The largest absolute Gasteiger partial charge is 0.395 e. The van der Waals surface area contributed by atoms with E-state index in [0.29, 0.717) is 13.1 Å². The molecule has 0 radical (unpaired) electrons. The van der Waals surface area contributed by atoms with Crippen LogP contribution in [0.25, 0.3) is 22.2 Å². The van der Waals surface area contributed by atoms with Crippen LogP contribution in [0.15, 0.2) is 60.7 Å². The van der Waals surface area contributed by atoms with E-state index >= 15 is 0 Å². The topological polar surface area (TPSA) is 56.6 Å². The van der Waals surface area contributed by atoms with Crippen LogP contribution in [0, 0.1) is 0 Å². The SMILES string of the molecule is OCCN(CCO)c1ccc(-c2ccc3ccccc3n2)cc1. The summed E-state index contributed by atoms with van der Waals surface area (Å²) in [5.74, 6) is 0. The summed E-state index contributed by atoms with van der Waals surface area (Å²) in [6.07, 6.45) is 0. The number of hydrogen-bond acceptors (Lipinski definition) is 4. The first kappa shape index (κ1) is 15.5. The molecule has 4 heteroatoms. The van der Waals surface area contributed by atoms with Gasteiger partial charge in [-0.1, -0.05) is 36.4 Å². The number of benzene rings is 2. The van der Waals surface area contributed by atoms with Crippen molar-refractivity contribution in [2.45, 2.75) is 0 Å². The van der Waals surface area contributed by atoms with Crippen molar-refractivity contribution in [2.24, 2.45) is 0 Å². The lowest BCUT2D eigenvalue weighted by Crippen LogP contribution is -2.29. The normalized spacial score (nSPS) is 10.9. The number of hydrogen-bond donors (Lipinski definition) is 2. The first-order valence-corrected chi connectivity index (χ1v) is 7.75. The molecule has 0 unspecified atom stereocenters. The quantitative estimate of drug-likeness (QED) is 0.735. The lowest BCUT2D eigenvalue weighted by Gasteiger charge is -2.23. The third-order valence-electron chi connectivity index (χ3n) is 3.87. The Hall–Kier alpha value is -2.43. The minimum absolute atomic E-state index is 0.0635. The third-order valence-corrected chi connectivity index (χ3v) is 3.87. The first-order chi connectivity index (χ1) is 11.3. The Labute approximate surface area is 135 Å². The van der Waals surface area contributed by atoms with Gasteiger partial charge in [0, 0.05) is 29.7 Å². The van der Waals surface area contributed by atoms with Crippen LogP contribution in [0.2, 0.25) is 0 Å². The van der Waals surface area contributed by atoms with E-state index in [0.717, 1.165) is 27.8 Å². The van der Waals surface area contributed by atoms with Crippen molar-refractivity contribution in [2.75, 3.05) is 31.2 Å². The van der Waals surface area contributed by atoms with E-state index in [9.17, 15) is 0 Å². The van der Waals surface area contributed by atoms with Gasteiger partial charge in [-0.05, 0) is 24.3 Å². The summed E-state index contributed by atoms with van der Waals surface area (Å²) >= 11 is 0. The van der Waals surface area contributed by atoms with Crippen LogP contribution in [0.1, 0.15) is 0 Å². The van der Waals surface area contributed by atoms with Gasteiger partial charge in [0.25, 0.3) is 0 Å². The zero-order valence-electron chi connectivity index (χ0n) is 12.9. The lowest BCUT2D eigenvalue weighted by atomic mass is 10.1. The van der Waals surface area contributed by atoms with Crippen LogP contribution in [-0.2, 0) is 0 Å². The van der Waals surface area contributed by atoms with Gasteiger partial charge in [-0.2, -0.15) is 0 Å².